The molecule has 0 fully saturated rings. The van der Waals surface area contributed by atoms with E-state index in [0.717, 1.165) is 17.1 Å². The summed E-state index contributed by atoms with van der Waals surface area (Å²) in [6.07, 6.45) is 0. The topological polar surface area (TPSA) is 18.5 Å². The molecule has 2 heteroatoms. The second kappa shape index (κ2) is 8.24. The molecule has 0 unspecified atom stereocenters. The predicted octanol–water partition coefficient (Wildman–Crippen LogP) is 8.50. The molecule has 0 N–H and O–H groups in total. The zero-order valence-corrected chi connectivity index (χ0v) is 19.2. The average Bonchev–Trinajstić information content (AvgIpc) is 2.91. The molecule has 0 amide bonds. The Labute approximate surface area is 199 Å². The van der Waals surface area contributed by atoms with Crippen LogP contribution in [0.15, 0.2) is 109 Å². The van der Waals surface area contributed by atoms with Crippen LogP contribution in [0.3, 0.4) is 0 Å². The van der Waals surface area contributed by atoms with E-state index in [2.05, 4.69) is 97.1 Å². The van der Waals surface area contributed by atoms with Gasteiger partial charge in [0, 0.05) is 0 Å². The summed E-state index contributed by atoms with van der Waals surface area (Å²) in [7, 11) is 3.42. The third-order valence-corrected chi connectivity index (χ3v) is 6.63. The minimum atomic E-state index is 0.848. The SMILES string of the molecule is COc1ccc(-c2c3cc(OC)ccc3c(-c3ccccc3)c3cc4ccccc4cc23)cc1. The third kappa shape index (κ3) is 3.27. The van der Waals surface area contributed by atoms with Crippen molar-refractivity contribution in [3.63, 3.8) is 0 Å². The molecule has 34 heavy (non-hydrogen) atoms. The maximum absolute atomic E-state index is 5.66. The van der Waals surface area contributed by atoms with Gasteiger partial charge in [-0.2, -0.15) is 0 Å². The molecule has 6 aromatic rings. The highest BCUT2D eigenvalue weighted by atomic mass is 16.5. The van der Waals surface area contributed by atoms with Gasteiger partial charge >= 0.3 is 0 Å². The Morgan fingerprint density at radius 1 is 0.412 bits per heavy atom. The van der Waals surface area contributed by atoms with E-state index < -0.39 is 0 Å². The van der Waals surface area contributed by atoms with E-state index >= 15 is 0 Å². The monoisotopic (exact) mass is 440 g/mol. The summed E-state index contributed by atoms with van der Waals surface area (Å²) < 4.78 is 11.1. The van der Waals surface area contributed by atoms with E-state index in [-0.39, 0.29) is 0 Å². The van der Waals surface area contributed by atoms with Gasteiger partial charge in [-0.25, -0.2) is 0 Å². The molecule has 0 saturated carbocycles. The molecule has 6 aromatic carbocycles. The Hall–Kier alpha value is -4.30. The fourth-order valence-electron chi connectivity index (χ4n) is 5.00. The maximum atomic E-state index is 5.66. The third-order valence-electron chi connectivity index (χ3n) is 6.63. The van der Waals surface area contributed by atoms with Crippen molar-refractivity contribution in [3.05, 3.63) is 109 Å². The van der Waals surface area contributed by atoms with Crippen LogP contribution in [0.2, 0.25) is 0 Å². The van der Waals surface area contributed by atoms with Crippen LogP contribution in [0.5, 0.6) is 11.5 Å². The summed E-state index contributed by atoms with van der Waals surface area (Å²) in [6, 6.07) is 38.7. The lowest BCUT2D eigenvalue weighted by atomic mass is 9.85. The molecule has 0 aliphatic heterocycles. The fraction of sp³-hybridized carbons (Fsp3) is 0.0625. The highest BCUT2D eigenvalue weighted by molar-refractivity contribution is 6.23. The first-order chi connectivity index (χ1) is 16.8. The average molecular weight is 441 g/mol. The molecule has 0 heterocycles. The van der Waals surface area contributed by atoms with Crippen molar-refractivity contribution in [2.45, 2.75) is 0 Å². The number of fused-ring (bicyclic) bond motifs is 3. The summed E-state index contributed by atoms with van der Waals surface area (Å²) in [5, 5.41) is 7.32. The van der Waals surface area contributed by atoms with Crippen molar-refractivity contribution in [2.75, 3.05) is 14.2 Å². The van der Waals surface area contributed by atoms with Crippen LogP contribution in [-0.2, 0) is 0 Å². The highest BCUT2D eigenvalue weighted by Gasteiger charge is 2.18. The molecule has 2 nitrogen and oxygen atoms in total. The normalized spacial score (nSPS) is 11.2. The molecule has 0 spiro atoms. The van der Waals surface area contributed by atoms with Crippen molar-refractivity contribution in [2.24, 2.45) is 0 Å². The molecular weight excluding hydrogens is 416 g/mol. The van der Waals surface area contributed by atoms with Crippen LogP contribution in [-0.4, -0.2) is 14.2 Å². The number of hydrogen-bond acceptors (Lipinski definition) is 2. The Morgan fingerprint density at radius 2 is 0.912 bits per heavy atom. The van der Waals surface area contributed by atoms with Crippen molar-refractivity contribution in [1.82, 2.24) is 0 Å². The second-order valence-electron chi connectivity index (χ2n) is 8.50. The summed E-state index contributed by atoms with van der Waals surface area (Å²) in [6.45, 7) is 0. The van der Waals surface area contributed by atoms with Crippen LogP contribution in [0.4, 0.5) is 0 Å². The zero-order chi connectivity index (χ0) is 23.1. The number of ether oxygens (including phenoxy) is 2. The summed E-state index contributed by atoms with van der Waals surface area (Å²) in [4.78, 5) is 0. The number of benzene rings is 6. The number of rotatable bonds is 4. The van der Waals surface area contributed by atoms with Crippen molar-refractivity contribution in [1.29, 1.82) is 0 Å². The van der Waals surface area contributed by atoms with Gasteiger partial charge in [-0.1, -0.05) is 72.8 Å². The van der Waals surface area contributed by atoms with Crippen LogP contribution in [0.25, 0.3) is 54.6 Å². The molecule has 0 aromatic heterocycles. The lowest BCUT2D eigenvalue weighted by molar-refractivity contribution is 0.415. The lowest BCUT2D eigenvalue weighted by Gasteiger charge is -2.19. The fourth-order valence-corrected chi connectivity index (χ4v) is 5.00. The molecule has 0 radical (unpaired) electrons. The van der Waals surface area contributed by atoms with Gasteiger partial charge in [0.15, 0.2) is 0 Å². The molecule has 0 saturated heterocycles. The van der Waals surface area contributed by atoms with Gasteiger partial charge in [-0.15, -0.1) is 0 Å². The van der Waals surface area contributed by atoms with Crippen LogP contribution < -0.4 is 9.47 Å². The van der Waals surface area contributed by atoms with Gasteiger partial charge in [-0.3, -0.25) is 0 Å². The van der Waals surface area contributed by atoms with Gasteiger partial charge in [0.1, 0.15) is 11.5 Å². The highest BCUT2D eigenvalue weighted by Crippen LogP contribution is 2.45. The van der Waals surface area contributed by atoms with Gasteiger partial charge in [-0.05, 0) is 91.0 Å². The van der Waals surface area contributed by atoms with E-state index in [0.29, 0.717) is 0 Å². The van der Waals surface area contributed by atoms with E-state index in [9.17, 15) is 0 Å². The summed E-state index contributed by atoms with van der Waals surface area (Å²) in [5.74, 6) is 1.70. The molecule has 0 aliphatic carbocycles. The molecule has 0 atom stereocenters. The van der Waals surface area contributed by atoms with Crippen molar-refractivity contribution < 1.29 is 9.47 Å². The van der Waals surface area contributed by atoms with E-state index in [1.165, 1.54) is 49.0 Å². The molecular formula is C32H24O2. The van der Waals surface area contributed by atoms with E-state index in [4.69, 9.17) is 9.47 Å². The Morgan fingerprint density at radius 3 is 1.53 bits per heavy atom. The molecule has 0 bridgehead atoms. The number of hydrogen-bond donors (Lipinski definition) is 0. The first kappa shape index (κ1) is 20.3. The van der Waals surface area contributed by atoms with E-state index in [1.54, 1.807) is 14.2 Å². The van der Waals surface area contributed by atoms with Gasteiger partial charge in [0.05, 0.1) is 14.2 Å². The van der Waals surface area contributed by atoms with E-state index in [1.807, 2.05) is 12.1 Å². The Kier molecular flexibility index (Phi) is 4.92. The Balaban J connectivity index is 1.85. The van der Waals surface area contributed by atoms with Crippen LogP contribution in [0, 0.1) is 0 Å². The molecule has 0 aliphatic rings. The minimum Gasteiger partial charge on any atom is -0.497 e. The van der Waals surface area contributed by atoms with Gasteiger partial charge < -0.3 is 9.47 Å². The lowest BCUT2D eigenvalue weighted by Crippen LogP contribution is -1.93. The standard InChI is InChI=1S/C32H24O2/c1-33-25-14-12-22(13-15-25)32-29-19-24-11-7-6-10-23(24)18-28(29)31(21-8-4-3-5-9-21)27-17-16-26(34-2)20-30(27)32/h3-20H,1-2H3. The van der Waals surface area contributed by atoms with Gasteiger partial charge in [0.2, 0.25) is 0 Å². The van der Waals surface area contributed by atoms with Gasteiger partial charge in [0.25, 0.3) is 0 Å². The molecule has 164 valence electrons. The molecule has 6 rings (SSSR count). The zero-order valence-electron chi connectivity index (χ0n) is 19.2. The van der Waals surface area contributed by atoms with Crippen molar-refractivity contribution in [3.8, 4) is 33.8 Å². The maximum Gasteiger partial charge on any atom is 0.119 e. The largest absolute Gasteiger partial charge is 0.497 e. The Bertz CT molecular complexity index is 1650. The number of methoxy groups -OCH3 is 2. The minimum absolute atomic E-state index is 0.848. The smallest absolute Gasteiger partial charge is 0.119 e. The first-order valence-electron chi connectivity index (χ1n) is 11.4. The predicted molar refractivity (Wildman–Crippen MR) is 143 cm³/mol. The summed E-state index contributed by atoms with van der Waals surface area (Å²) >= 11 is 0. The second-order valence-corrected chi connectivity index (χ2v) is 8.50. The van der Waals surface area contributed by atoms with Crippen LogP contribution in [0.1, 0.15) is 0 Å². The van der Waals surface area contributed by atoms with Crippen LogP contribution >= 0.6 is 0 Å². The van der Waals surface area contributed by atoms with Crippen molar-refractivity contribution >= 4 is 32.3 Å². The first-order valence-corrected chi connectivity index (χ1v) is 11.4. The summed E-state index contributed by atoms with van der Waals surface area (Å²) in [5.41, 5.74) is 4.81. The quantitative estimate of drug-likeness (QED) is 0.256.